The number of ether oxygens (including phenoxy) is 2. The van der Waals surface area contributed by atoms with Crippen LogP contribution in [0.15, 0.2) is 24.3 Å². The van der Waals surface area contributed by atoms with Crippen molar-refractivity contribution in [2.24, 2.45) is 17.8 Å². The van der Waals surface area contributed by atoms with Crippen LogP contribution in [0.1, 0.15) is 51.9 Å². The minimum Gasteiger partial charge on any atom is -0.494 e. The summed E-state index contributed by atoms with van der Waals surface area (Å²) in [5.74, 6) is 4.08. The van der Waals surface area contributed by atoms with Gasteiger partial charge in [0.1, 0.15) is 11.5 Å². The molecule has 1 aromatic carbocycles. The van der Waals surface area contributed by atoms with Crippen molar-refractivity contribution in [1.82, 2.24) is 5.32 Å². The van der Waals surface area contributed by atoms with Gasteiger partial charge in [-0.25, -0.2) is 0 Å². The number of nitrogens with one attached hydrogen (secondary N) is 1. The van der Waals surface area contributed by atoms with Crippen LogP contribution in [0.4, 0.5) is 0 Å². The van der Waals surface area contributed by atoms with Gasteiger partial charge in [0, 0.05) is 5.54 Å². The van der Waals surface area contributed by atoms with E-state index in [9.17, 15) is 4.79 Å². The van der Waals surface area contributed by atoms with Crippen molar-refractivity contribution in [3.63, 3.8) is 0 Å². The van der Waals surface area contributed by atoms with E-state index in [4.69, 9.17) is 9.47 Å². The molecule has 0 aliphatic heterocycles. The van der Waals surface area contributed by atoms with Crippen LogP contribution in [0, 0.1) is 17.8 Å². The van der Waals surface area contributed by atoms with Crippen molar-refractivity contribution in [3.05, 3.63) is 24.3 Å². The first-order chi connectivity index (χ1) is 12.1. The average Bonchev–Trinajstić information content (AvgIpc) is 2.57. The van der Waals surface area contributed by atoms with Gasteiger partial charge >= 0.3 is 0 Å². The van der Waals surface area contributed by atoms with E-state index in [0.29, 0.717) is 12.4 Å². The number of carbonyl (C=O) groups is 1. The molecule has 4 aliphatic carbocycles. The Morgan fingerprint density at radius 3 is 2.04 bits per heavy atom. The van der Waals surface area contributed by atoms with Gasteiger partial charge in [-0.3, -0.25) is 4.79 Å². The number of hydrogen-bond acceptors (Lipinski definition) is 3. The molecule has 0 heterocycles. The quantitative estimate of drug-likeness (QED) is 0.816. The molecule has 0 atom stereocenters. The first kappa shape index (κ1) is 16.7. The lowest BCUT2D eigenvalue weighted by atomic mass is 9.53. The molecule has 25 heavy (non-hydrogen) atoms. The van der Waals surface area contributed by atoms with Crippen LogP contribution in [0.5, 0.6) is 11.5 Å². The van der Waals surface area contributed by atoms with E-state index in [0.717, 1.165) is 29.9 Å². The largest absolute Gasteiger partial charge is 0.494 e. The van der Waals surface area contributed by atoms with Gasteiger partial charge in [0.05, 0.1) is 6.61 Å². The van der Waals surface area contributed by atoms with Gasteiger partial charge in [-0.05, 0) is 87.0 Å². The molecule has 0 spiro atoms. The third-order valence-corrected chi connectivity index (χ3v) is 6.11. The van der Waals surface area contributed by atoms with E-state index in [-0.39, 0.29) is 18.1 Å². The van der Waals surface area contributed by atoms with Crippen molar-refractivity contribution in [2.45, 2.75) is 57.4 Å². The maximum atomic E-state index is 12.4. The van der Waals surface area contributed by atoms with Gasteiger partial charge in [0.15, 0.2) is 6.61 Å². The van der Waals surface area contributed by atoms with E-state index in [2.05, 4.69) is 12.2 Å². The SMILES string of the molecule is CCCOc1ccc(OCC(=O)NC23CC4CC(CC(C4)C2)C3)cc1. The summed E-state index contributed by atoms with van der Waals surface area (Å²) in [5, 5.41) is 3.35. The Morgan fingerprint density at radius 2 is 1.52 bits per heavy atom. The van der Waals surface area contributed by atoms with Gasteiger partial charge in [0.25, 0.3) is 5.91 Å². The van der Waals surface area contributed by atoms with Crippen LogP contribution in [0.3, 0.4) is 0 Å². The lowest BCUT2D eigenvalue weighted by molar-refractivity contribution is -0.128. The zero-order chi connectivity index (χ0) is 17.3. The summed E-state index contributed by atoms with van der Waals surface area (Å²) in [6.45, 7) is 2.89. The molecule has 4 heteroatoms. The highest BCUT2D eigenvalue weighted by molar-refractivity contribution is 5.78. The molecule has 4 nitrogen and oxygen atoms in total. The molecule has 4 fully saturated rings. The molecule has 0 saturated heterocycles. The molecule has 1 N–H and O–H groups in total. The summed E-state index contributed by atoms with van der Waals surface area (Å²) < 4.78 is 11.2. The molecule has 4 saturated carbocycles. The summed E-state index contributed by atoms with van der Waals surface area (Å²) in [6, 6.07) is 7.51. The molecular weight excluding hydrogens is 314 g/mol. The normalized spacial score (nSPS) is 32.4. The highest BCUT2D eigenvalue weighted by Crippen LogP contribution is 2.55. The van der Waals surface area contributed by atoms with Crippen molar-refractivity contribution in [2.75, 3.05) is 13.2 Å². The second-order valence-electron chi connectivity index (χ2n) is 8.35. The minimum atomic E-state index is 0.0215. The first-order valence-corrected chi connectivity index (χ1v) is 9.81. The fourth-order valence-corrected chi connectivity index (χ4v) is 5.60. The van der Waals surface area contributed by atoms with E-state index in [1.165, 1.54) is 38.5 Å². The van der Waals surface area contributed by atoms with E-state index in [1.807, 2.05) is 24.3 Å². The maximum Gasteiger partial charge on any atom is 0.258 e. The third kappa shape index (κ3) is 3.78. The van der Waals surface area contributed by atoms with Crippen molar-refractivity contribution >= 4 is 5.91 Å². The lowest BCUT2D eigenvalue weighted by Crippen LogP contribution is -2.60. The summed E-state index contributed by atoms with van der Waals surface area (Å²) in [5.41, 5.74) is 0.0625. The van der Waals surface area contributed by atoms with Gasteiger partial charge in [0.2, 0.25) is 0 Å². The van der Waals surface area contributed by atoms with Crippen LogP contribution in [-0.4, -0.2) is 24.7 Å². The standard InChI is InChI=1S/C21H29NO3/c1-2-7-24-18-3-5-19(6-4-18)25-14-20(23)22-21-11-15-8-16(12-21)10-17(9-15)13-21/h3-6,15-17H,2,7-14H2,1H3,(H,22,23). The van der Waals surface area contributed by atoms with Gasteiger partial charge in [-0.2, -0.15) is 0 Å². The van der Waals surface area contributed by atoms with Crippen LogP contribution >= 0.6 is 0 Å². The Hall–Kier alpha value is -1.71. The Labute approximate surface area is 150 Å². The number of hydrogen-bond donors (Lipinski definition) is 1. The molecule has 0 aromatic heterocycles. The monoisotopic (exact) mass is 343 g/mol. The zero-order valence-electron chi connectivity index (χ0n) is 15.1. The van der Waals surface area contributed by atoms with E-state index >= 15 is 0 Å². The predicted molar refractivity (Wildman–Crippen MR) is 96.8 cm³/mol. The summed E-state index contributed by atoms with van der Waals surface area (Å²) >= 11 is 0. The van der Waals surface area contributed by atoms with Gasteiger partial charge in [-0.1, -0.05) is 6.92 Å². The number of benzene rings is 1. The van der Waals surface area contributed by atoms with Crippen LogP contribution in [0.2, 0.25) is 0 Å². The molecule has 0 radical (unpaired) electrons. The van der Waals surface area contributed by atoms with Crippen LogP contribution in [0.25, 0.3) is 0 Å². The lowest BCUT2D eigenvalue weighted by Gasteiger charge is -2.56. The molecule has 5 rings (SSSR count). The Balaban J connectivity index is 1.28. The molecule has 4 bridgehead atoms. The molecular formula is C21H29NO3. The fourth-order valence-electron chi connectivity index (χ4n) is 5.60. The smallest absolute Gasteiger partial charge is 0.258 e. The van der Waals surface area contributed by atoms with Crippen LogP contribution < -0.4 is 14.8 Å². The Kier molecular flexibility index (Phi) is 4.61. The molecule has 0 unspecified atom stereocenters. The van der Waals surface area contributed by atoms with Crippen molar-refractivity contribution in [1.29, 1.82) is 0 Å². The second kappa shape index (κ2) is 6.89. The zero-order valence-corrected chi connectivity index (χ0v) is 15.1. The van der Waals surface area contributed by atoms with Crippen molar-refractivity contribution in [3.8, 4) is 11.5 Å². The summed E-state index contributed by atoms with van der Waals surface area (Å²) in [7, 11) is 0. The van der Waals surface area contributed by atoms with E-state index in [1.54, 1.807) is 0 Å². The van der Waals surface area contributed by atoms with E-state index < -0.39 is 0 Å². The van der Waals surface area contributed by atoms with Gasteiger partial charge < -0.3 is 14.8 Å². The Morgan fingerprint density at radius 1 is 1.00 bits per heavy atom. The van der Waals surface area contributed by atoms with Gasteiger partial charge in [-0.15, -0.1) is 0 Å². The first-order valence-electron chi connectivity index (χ1n) is 9.81. The molecule has 1 aromatic rings. The fraction of sp³-hybridized carbons (Fsp3) is 0.667. The Bertz CT molecular complexity index is 575. The third-order valence-electron chi connectivity index (χ3n) is 6.11. The number of amides is 1. The molecule has 136 valence electrons. The minimum absolute atomic E-state index is 0.0215. The molecule has 1 amide bonds. The topological polar surface area (TPSA) is 47.6 Å². The maximum absolute atomic E-state index is 12.4. The summed E-state index contributed by atoms with van der Waals surface area (Å²) in [6.07, 6.45) is 8.67. The average molecular weight is 343 g/mol. The highest BCUT2D eigenvalue weighted by atomic mass is 16.5. The van der Waals surface area contributed by atoms with Crippen molar-refractivity contribution < 1.29 is 14.3 Å². The molecule has 4 aliphatic rings. The number of rotatable bonds is 7. The second-order valence-corrected chi connectivity index (χ2v) is 8.35. The highest BCUT2D eigenvalue weighted by Gasteiger charge is 2.51. The van der Waals surface area contributed by atoms with Crippen LogP contribution in [-0.2, 0) is 4.79 Å². The predicted octanol–water partition coefficient (Wildman–Crippen LogP) is 3.94. The summed E-state index contributed by atoms with van der Waals surface area (Å²) in [4.78, 5) is 12.4. The number of carbonyl (C=O) groups excluding carboxylic acids is 1.